The Balaban J connectivity index is 3.46. The van der Waals surface area contributed by atoms with Crippen LogP contribution in [0, 0.1) is 22.1 Å². The Morgan fingerprint density at radius 1 is 1.36 bits per heavy atom. The van der Waals surface area contributed by atoms with Gasteiger partial charge in [0.15, 0.2) is 11.6 Å². The summed E-state index contributed by atoms with van der Waals surface area (Å²) in [5.41, 5.74) is 0.157. The van der Waals surface area contributed by atoms with E-state index in [-0.39, 0.29) is 14.2 Å². The van der Waals surface area contributed by atoms with Crippen LogP contribution >= 0.6 is 34.2 Å². The SMILES string of the molecule is Cc1c(Cl)cc(I)c(F)c1F. The molecule has 4 heteroatoms. The monoisotopic (exact) mass is 288 g/mol. The van der Waals surface area contributed by atoms with Gasteiger partial charge in [-0.05, 0) is 35.6 Å². The highest BCUT2D eigenvalue weighted by atomic mass is 127. The van der Waals surface area contributed by atoms with Crippen LogP contribution in [0.3, 0.4) is 0 Å². The Morgan fingerprint density at radius 2 is 1.91 bits per heavy atom. The van der Waals surface area contributed by atoms with Crippen LogP contribution in [0.4, 0.5) is 8.78 Å². The van der Waals surface area contributed by atoms with Crippen molar-refractivity contribution in [3.63, 3.8) is 0 Å². The van der Waals surface area contributed by atoms with Gasteiger partial charge in [-0.1, -0.05) is 11.6 Å². The summed E-state index contributed by atoms with van der Waals surface area (Å²) in [7, 11) is 0. The zero-order chi connectivity index (χ0) is 8.59. The van der Waals surface area contributed by atoms with Crippen molar-refractivity contribution in [1.29, 1.82) is 0 Å². The van der Waals surface area contributed by atoms with Crippen molar-refractivity contribution in [2.45, 2.75) is 6.92 Å². The molecule has 0 aliphatic heterocycles. The van der Waals surface area contributed by atoms with Gasteiger partial charge >= 0.3 is 0 Å². The molecule has 0 bridgehead atoms. The Bertz CT molecular complexity index is 273. The van der Waals surface area contributed by atoms with Crippen LogP contribution in [-0.2, 0) is 0 Å². The summed E-state index contributed by atoms with van der Waals surface area (Å²) in [6.07, 6.45) is 0. The van der Waals surface area contributed by atoms with E-state index in [9.17, 15) is 8.78 Å². The third-order valence-corrected chi connectivity index (χ3v) is 2.52. The molecule has 0 nitrogen and oxygen atoms in total. The van der Waals surface area contributed by atoms with E-state index in [4.69, 9.17) is 11.6 Å². The van der Waals surface area contributed by atoms with Crippen LogP contribution in [0.1, 0.15) is 5.56 Å². The molecule has 0 aliphatic carbocycles. The van der Waals surface area contributed by atoms with E-state index >= 15 is 0 Å². The number of halogens is 4. The molecule has 0 fully saturated rings. The molecule has 1 rings (SSSR count). The Morgan fingerprint density at radius 3 is 2.45 bits per heavy atom. The van der Waals surface area contributed by atoms with Gasteiger partial charge in [-0.15, -0.1) is 0 Å². The molecule has 0 aliphatic rings. The van der Waals surface area contributed by atoms with E-state index < -0.39 is 11.6 Å². The largest absolute Gasteiger partial charge is 0.203 e. The van der Waals surface area contributed by atoms with Gasteiger partial charge in [-0.2, -0.15) is 0 Å². The fourth-order valence-electron chi connectivity index (χ4n) is 0.657. The van der Waals surface area contributed by atoms with Crippen molar-refractivity contribution in [3.8, 4) is 0 Å². The molecule has 60 valence electrons. The maximum absolute atomic E-state index is 12.8. The highest BCUT2D eigenvalue weighted by Crippen LogP contribution is 2.24. The average Bonchev–Trinajstić information content (AvgIpc) is 1.97. The molecule has 0 spiro atoms. The Hall–Kier alpha value is 0.1000. The predicted octanol–water partition coefficient (Wildman–Crippen LogP) is 3.53. The molecule has 0 heterocycles. The van der Waals surface area contributed by atoms with Gasteiger partial charge in [-0.25, -0.2) is 8.78 Å². The van der Waals surface area contributed by atoms with Crippen molar-refractivity contribution >= 4 is 34.2 Å². The predicted molar refractivity (Wildman–Crippen MR) is 48.8 cm³/mol. The smallest absolute Gasteiger partial charge is 0.172 e. The highest BCUT2D eigenvalue weighted by Gasteiger charge is 2.12. The lowest BCUT2D eigenvalue weighted by molar-refractivity contribution is 0.498. The van der Waals surface area contributed by atoms with Gasteiger partial charge in [0.25, 0.3) is 0 Å². The van der Waals surface area contributed by atoms with Crippen LogP contribution in [-0.4, -0.2) is 0 Å². The van der Waals surface area contributed by atoms with Gasteiger partial charge < -0.3 is 0 Å². The van der Waals surface area contributed by atoms with Crippen molar-refractivity contribution in [3.05, 3.63) is 31.9 Å². The van der Waals surface area contributed by atoms with Crippen LogP contribution in [0.15, 0.2) is 6.07 Å². The summed E-state index contributed by atoms with van der Waals surface area (Å²) in [6.45, 7) is 1.44. The minimum Gasteiger partial charge on any atom is -0.203 e. The topological polar surface area (TPSA) is 0 Å². The Labute approximate surface area is 81.7 Å². The normalized spacial score (nSPS) is 10.3. The molecule has 11 heavy (non-hydrogen) atoms. The maximum Gasteiger partial charge on any atom is 0.172 e. The van der Waals surface area contributed by atoms with E-state index in [0.717, 1.165) is 0 Å². The van der Waals surface area contributed by atoms with Gasteiger partial charge in [0, 0.05) is 10.6 Å². The van der Waals surface area contributed by atoms with Crippen molar-refractivity contribution in [2.75, 3.05) is 0 Å². The van der Waals surface area contributed by atoms with Crippen molar-refractivity contribution in [2.24, 2.45) is 0 Å². The summed E-state index contributed by atoms with van der Waals surface area (Å²) >= 11 is 7.27. The van der Waals surface area contributed by atoms with E-state index in [2.05, 4.69) is 0 Å². The molecular weight excluding hydrogens is 284 g/mol. The van der Waals surface area contributed by atoms with Gasteiger partial charge in [0.1, 0.15) is 0 Å². The molecule has 0 atom stereocenters. The second kappa shape index (κ2) is 3.23. The van der Waals surface area contributed by atoms with E-state index in [0.29, 0.717) is 0 Å². The summed E-state index contributed by atoms with van der Waals surface area (Å²) in [4.78, 5) is 0. The molecule has 0 unspecified atom stereocenters. The second-order valence-corrected chi connectivity index (χ2v) is 3.66. The summed E-state index contributed by atoms with van der Waals surface area (Å²) in [5, 5.41) is 0.258. The lowest BCUT2D eigenvalue weighted by Gasteiger charge is -2.01. The fraction of sp³-hybridized carbons (Fsp3) is 0.143. The van der Waals surface area contributed by atoms with Crippen LogP contribution in [0.25, 0.3) is 0 Å². The molecule has 0 amide bonds. The number of benzene rings is 1. The highest BCUT2D eigenvalue weighted by molar-refractivity contribution is 14.1. The van der Waals surface area contributed by atoms with E-state index in [1.165, 1.54) is 13.0 Å². The Kier molecular flexibility index (Phi) is 2.70. The molecule has 0 N–H and O–H groups in total. The fourth-order valence-corrected chi connectivity index (χ4v) is 1.58. The first-order valence-electron chi connectivity index (χ1n) is 2.83. The molecule has 0 saturated heterocycles. The number of hydrogen-bond donors (Lipinski definition) is 0. The van der Waals surface area contributed by atoms with Crippen molar-refractivity contribution in [1.82, 2.24) is 0 Å². The second-order valence-electron chi connectivity index (χ2n) is 2.09. The minimum atomic E-state index is -0.859. The quantitative estimate of drug-likeness (QED) is 0.389. The zero-order valence-corrected chi connectivity index (χ0v) is 8.50. The van der Waals surface area contributed by atoms with E-state index in [1.54, 1.807) is 22.6 Å². The summed E-state index contributed by atoms with van der Waals surface area (Å²) < 4.78 is 25.7. The number of rotatable bonds is 0. The first kappa shape index (κ1) is 9.19. The molecule has 1 aromatic carbocycles. The van der Waals surface area contributed by atoms with Crippen LogP contribution in [0.5, 0.6) is 0 Å². The van der Waals surface area contributed by atoms with Crippen LogP contribution < -0.4 is 0 Å². The van der Waals surface area contributed by atoms with Gasteiger partial charge in [-0.3, -0.25) is 0 Å². The van der Waals surface area contributed by atoms with Crippen LogP contribution in [0.2, 0.25) is 5.02 Å². The molecule has 0 aromatic heterocycles. The third kappa shape index (κ3) is 1.64. The zero-order valence-electron chi connectivity index (χ0n) is 5.59. The summed E-state index contributed by atoms with van der Waals surface area (Å²) in [5.74, 6) is -1.69. The minimum absolute atomic E-state index is 0.157. The first-order valence-corrected chi connectivity index (χ1v) is 4.29. The maximum atomic E-state index is 12.8. The van der Waals surface area contributed by atoms with Crippen molar-refractivity contribution < 1.29 is 8.78 Å². The molecule has 0 saturated carbocycles. The lowest BCUT2D eigenvalue weighted by Crippen LogP contribution is -1.93. The van der Waals surface area contributed by atoms with E-state index in [1.807, 2.05) is 0 Å². The average molecular weight is 288 g/mol. The summed E-state index contributed by atoms with van der Waals surface area (Å²) in [6, 6.07) is 1.40. The first-order chi connectivity index (χ1) is 5.04. The molecular formula is C7H4ClF2I. The lowest BCUT2D eigenvalue weighted by atomic mass is 10.2. The number of hydrogen-bond acceptors (Lipinski definition) is 0. The molecule has 0 radical (unpaired) electrons. The standard InChI is InChI=1S/C7H4ClF2I/c1-3-4(8)2-5(11)7(10)6(3)9/h2H,1H3. The molecule has 1 aromatic rings. The third-order valence-electron chi connectivity index (χ3n) is 1.34. The van der Waals surface area contributed by atoms with Gasteiger partial charge in [0.05, 0.1) is 3.57 Å². The van der Waals surface area contributed by atoms with Gasteiger partial charge in [0.2, 0.25) is 0 Å².